The lowest BCUT2D eigenvalue weighted by Gasteiger charge is -2.40. The molecule has 4 heteroatoms. The highest BCUT2D eigenvalue weighted by Gasteiger charge is 2.40. The number of aliphatic hydroxyl groups is 1. The molecule has 1 heterocycles. The third-order valence-corrected chi connectivity index (χ3v) is 5.74. The van der Waals surface area contributed by atoms with Gasteiger partial charge in [0.25, 0.3) is 0 Å². The lowest BCUT2D eigenvalue weighted by Crippen LogP contribution is -2.53. The average Bonchev–Trinajstić information content (AvgIpc) is 3.21. The summed E-state index contributed by atoms with van der Waals surface area (Å²) >= 11 is 1.90. The largest absolute Gasteiger partial charge is 0.394 e. The molecule has 21 heavy (non-hydrogen) atoms. The predicted molar refractivity (Wildman–Crippen MR) is 87.8 cm³/mol. The second-order valence-corrected chi connectivity index (χ2v) is 8.14. The Morgan fingerprint density at radius 1 is 1.33 bits per heavy atom. The van der Waals surface area contributed by atoms with Crippen molar-refractivity contribution < 1.29 is 5.11 Å². The molecule has 0 aliphatic heterocycles. The summed E-state index contributed by atoms with van der Waals surface area (Å²) in [6.07, 6.45) is 7.14. The standard InChI is InChI=1S/C17H26N2OS/c1-12-8-13(2)18-16(9-12)21-15-4-3-7-17(10-15,11-20)19-14-5-6-14/h8-9,14-15,19-20H,3-7,10-11H2,1-2H3. The molecule has 2 fully saturated rings. The maximum Gasteiger partial charge on any atom is 0.0968 e. The van der Waals surface area contributed by atoms with Crippen molar-refractivity contribution in [2.45, 2.75) is 74.2 Å². The first-order chi connectivity index (χ1) is 10.1. The molecule has 1 aromatic rings. The second kappa shape index (κ2) is 6.27. The van der Waals surface area contributed by atoms with Gasteiger partial charge in [0.1, 0.15) is 0 Å². The Bertz CT molecular complexity index is 483. The molecule has 0 radical (unpaired) electrons. The highest BCUT2D eigenvalue weighted by Crippen LogP contribution is 2.39. The van der Waals surface area contributed by atoms with Gasteiger partial charge in [-0.2, -0.15) is 0 Å². The van der Waals surface area contributed by atoms with Gasteiger partial charge in [0.2, 0.25) is 0 Å². The summed E-state index contributed by atoms with van der Waals surface area (Å²) in [5, 5.41) is 15.3. The topological polar surface area (TPSA) is 45.2 Å². The minimum atomic E-state index is -0.0457. The van der Waals surface area contributed by atoms with E-state index in [1.165, 1.54) is 31.2 Å². The molecule has 0 spiro atoms. The number of hydrogen-bond donors (Lipinski definition) is 2. The van der Waals surface area contributed by atoms with Crippen molar-refractivity contribution in [2.24, 2.45) is 0 Å². The van der Waals surface area contributed by atoms with Gasteiger partial charge in [0, 0.05) is 22.5 Å². The number of nitrogens with one attached hydrogen (secondary N) is 1. The third kappa shape index (κ3) is 3.99. The molecular weight excluding hydrogens is 280 g/mol. The van der Waals surface area contributed by atoms with E-state index in [0.29, 0.717) is 11.3 Å². The molecule has 2 saturated carbocycles. The van der Waals surface area contributed by atoms with E-state index in [1.807, 2.05) is 11.8 Å². The molecule has 116 valence electrons. The van der Waals surface area contributed by atoms with E-state index >= 15 is 0 Å². The van der Waals surface area contributed by atoms with Crippen molar-refractivity contribution in [2.75, 3.05) is 6.61 Å². The minimum absolute atomic E-state index is 0.0457. The van der Waals surface area contributed by atoms with Crippen LogP contribution in [0.15, 0.2) is 17.2 Å². The normalized spacial score (nSPS) is 29.6. The number of pyridine rings is 1. The van der Waals surface area contributed by atoms with Gasteiger partial charge in [-0.25, -0.2) is 4.98 Å². The van der Waals surface area contributed by atoms with Gasteiger partial charge in [-0.1, -0.05) is 6.42 Å². The van der Waals surface area contributed by atoms with Crippen molar-refractivity contribution in [3.8, 4) is 0 Å². The number of aliphatic hydroxyl groups excluding tert-OH is 1. The molecule has 0 saturated heterocycles. The van der Waals surface area contributed by atoms with Crippen LogP contribution in [-0.2, 0) is 0 Å². The Kier molecular flexibility index (Phi) is 4.57. The highest BCUT2D eigenvalue weighted by atomic mass is 32.2. The number of aryl methyl sites for hydroxylation is 2. The van der Waals surface area contributed by atoms with Gasteiger partial charge in [-0.15, -0.1) is 11.8 Å². The molecule has 2 N–H and O–H groups in total. The summed E-state index contributed by atoms with van der Waals surface area (Å²) in [7, 11) is 0. The first-order valence-electron chi connectivity index (χ1n) is 8.09. The zero-order valence-electron chi connectivity index (χ0n) is 13.1. The monoisotopic (exact) mass is 306 g/mol. The van der Waals surface area contributed by atoms with Crippen LogP contribution in [0.4, 0.5) is 0 Å². The van der Waals surface area contributed by atoms with Crippen LogP contribution in [0.2, 0.25) is 0 Å². The molecule has 2 aliphatic carbocycles. The zero-order valence-corrected chi connectivity index (χ0v) is 13.9. The van der Waals surface area contributed by atoms with Gasteiger partial charge in [-0.3, -0.25) is 0 Å². The van der Waals surface area contributed by atoms with Crippen LogP contribution in [0.1, 0.15) is 49.8 Å². The molecular formula is C17H26N2OS. The van der Waals surface area contributed by atoms with E-state index in [9.17, 15) is 5.11 Å². The third-order valence-electron chi connectivity index (χ3n) is 4.55. The number of hydrogen-bond acceptors (Lipinski definition) is 4. The molecule has 2 atom stereocenters. The number of aromatic nitrogens is 1. The van der Waals surface area contributed by atoms with Gasteiger partial charge >= 0.3 is 0 Å². The van der Waals surface area contributed by atoms with Crippen LogP contribution < -0.4 is 5.32 Å². The first-order valence-corrected chi connectivity index (χ1v) is 8.97. The highest BCUT2D eigenvalue weighted by molar-refractivity contribution is 7.99. The Labute approximate surface area is 131 Å². The number of thioether (sulfide) groups is 1. The van der Waals surface area contributed by atoms with Crippen molar-refractivity contribution in [3.63, 3.8) is 0 Å². The van der Waals surface area contributed by atoms with Crippen LogP contribution in [0.5, 0.6) is 0 Å². The quantitative estimate of drug-likeness (QED) is 0.877. The van der Waals surface area contributed by atoms with Crippen molar-refractivity contribution >= 4 is 11.8 Å². The molecule has 0 bridgehead atoms. The minimum Gasteiger partial charge on any atom is -0.394 e. The maximum atomic E-state index is 9.90. The summed E-state index contributed by atoms with van der Waals surface area (Å²) in [6, 6.07) is 4.96. The Hall–Kier alpha value is -0.580. The van der Waals surface area contributed by atoms with Crippen molar-refractivity contribution in [1.29, 1.82) is 0 Å². The molecule has 2 aliphatic rings. The lowest BCUT2D eigenvalue weighted by molar-refractivity contribution is 0.122. The van der Waals surface area contributed by atoms with Crippen molar-refractivity contribution in [1.82, 2.24) is 10.3 Å². The fraction of sp³-hybridized carbons (Fsp3) is 0.706. The fourth-order valence-electron chi connectivity index (χ4n) is 3.43. The first kappa shape index (κ1) is 15.3. The van der Waals surface area contributed by atoms with Gasteiger partial charge in [0.15, 0.2) is 0 Å². The molecule has 0 amide bonds. The Balaban J connectivity index is 1.67. The Morgan fingerprint density at radius 2 is 2.14 bits per heavy atom. The lowest BCUT2D eigenvalue weighted by atomic mass is 9.82. The van der Waals surface area contributed by atoms with Gasteiger partial charge < -0.3 is 10.4 Å². The van der Waals surface area contributed by atoms with E-state index in [2.05, 4.69) is 36.3 Å². The van der Waals surface area contributed by atoms with Crippen LogP contribution >= 0.6 is 11.8 Å². The van der Waals surface area contributed by atoms with E-state index in [-0.39, 0.29) is 12.1 Å². The SMILES string of the molecule is Cc1cc(C)nc(SC2CCCC(CO)(NC3CC3)C2)c1. The number of rotatable bonds is 5. The predicted octanol–water partition coefficient (Wildman–Crippen LogP) is 3.22. The van der Waals surface area contributed by atoms with Crippen LogP contribution in [0, 0.1) is 13.8 Å². The maximum absolute atomic E-state index is 9.90. The van der Waals surface area contributed by atoms with Crippen molar-refractivity contribution in [3.05, 3.63) is 23.4 Å². The molecule has 3 nitrogen and oxygen atoms in total. The summed E-state index contributed by atoms with van der Waals surface area (Å²) in [4.78, 5) is 4.66. The summed E-state index contributed by atoms with van der Waals surface area (Å²) in [6.45, 7) is 4.46. The van der Waals surface area contributed by atoms with Crippen LogP contribution in [-0.4, -0.2) is 33.5 Å². The summed E-state index contributed by atoms with van der Waals surface area (Å²) in [5.41, 5.74) is 2.33. The van der Waals surface area contributed by atoms with Crippen LogP contribution in [0.25, 0.3) is 0 Å². The fourth-order valence-corrected chi connectivity index (χ4v) is 4.90. The summed E-state index contributed by atoms with van der Waals surface area (Å²) in [5.74, 6) is 0. The average molecular weight is 306 g/mol. The Morgan fingerprint density at radius 3 is 2.81 bits per heavy atom. The van der Waals surface area contributed by atoms with Crippen LogP contribution in [0.3, 0.4) is 0 Å². The van der Waals surface area contributed by atoms with Gasteiger partial charge in [0.05, 0.1) is 11.6 Å². The zero-order chi connectivity index (χ0) is 14.9. The van der Waals surface area contributed by atoms with E-state index in [0.717, 1.165) is 23.6 Å². The molecule has 2 unspecified atom stereocenters. The van der Waals surface area contributed by atoms with E-state index < -0.39 is 0 Å². The molecule has 3 rings (SSSR count). The second-order valence-electron chi connectivity index (χ2n) is 6.82. The smallest absolute Gasteiger partial charge is 0.0968 e. The number of nitrogens with zero attached hydrogens (tertiary/aromatic N) is 1. The summed E-state index contributed by atoms with van der Waals surface area (Å²) < 4.78 is 0. The molecule has 1 aromatic heterocycles. The van der Waals surface area contributed by atoms with Gasteiger partial charge in [-0.05, 0) is 63.6 Å². The van der Waals surface area contributed by atoms with E-state index in [4.69, 9.17) is 0 Å². The molecule has 0 aromatic carbocycles. The van der Waals surface area contributed by atoms with E-state index in [1.54, 1.807) is 0 Å².